The van der Waals surface area contributed by atoms with Crippen molar-refractivity contribution in [3.63, 3.8) is 0 Å². The van der Waals surface area contributed by atoms with Gasteiger partial charge in [0.05, 0.1) is 13.7 Å². The normalized spacial score (nSPS) is 13.0. The van der Waals surface area contributed by atoms with E-state index in [-0.39, 0.29) is 6.03 Å². The van der Waals surface area contributed by atoms with E-state index in [9.17, 15) is 4.79 Å². The van der Waals surface area contributed by atoms with Crippen LogP contribution in [0.1, 0.15) is 11.3 Å². The quantitative estimate of drug-likeness (QED) is 0.530. The Balaban J connectivity index is 1.39. The van der Waals surface area contributed by atoms with Crippen molar-refractivity contribution < 1.29 is 13.9 Å². The van der Waals surface area contributed by atoms with Crippen LogP contribution in [-0.4, -0.2) is 44.6 Å². The summed E-state index contributed by atoms with van der Waals surface area (Å²) in [5, 5.41) is 15.9. The van der Waals surface area contributed by atoms with Gasteiger partial charge < -0.3 is 19.4 Å². The molecule has 5 rings (SSSR count). The molecule has 0 unspecified atom stereocenters. The van der Waals surface area contributed by atoms with Crippen molar-refractivity contribution in [1.29, 1.82) is 0 Å². The van der Waals surface area contributed by atoms with Gasteiger partial charge >= 0.3 is 6.03 Å². The molecule has 0 fully saturated rings. The Hall–Kier alpha value is -4.14. The second-order valence-electron chi connectivity index (χ2n) is 7.51. The summed E-state index contributed by atoms with van der Waals surface area (Å²) in [6, 6.07) is 16.7. The maximum absolute atomic E-state index is 12.9. The number of fused-ring (bicyclic) bond motifs is 1. The molecule has 1 aliphatic rings. The van der Waals surface area contributed by atoms with Crippen LogP contribution in [0.3, 0.4) is 0 Å². The highest BCUT2D eigenvalue weighted by molar-refractivity contribution is 5.89. The van der Waals surface area contributed by atoms with E-state index in [0.717, 1.165) is 16.8 Å². The third-order valence-electron chi connectivity index (χ3n) is 5.50. The van der Waals surface area contributed by atoms with Crippen molar-refractivity contribution in [3.05, 3.63) is 65.9 Å². The number of aromatic nitrogens is 4. The predicted octanol–water partition coefficient (Wildman–Crippen LogP) is 3.74. The van der Waals surface area contributed by atoms with Crippen LogP contribution in [0.15, 0.2) is 59.0 Å². The number of aryl methyl sites for hydroxylation is 1. The second-order valence-corrected chi connectivity index (χ2v) is 7.51. The number of hydrogen-bond donors (Lipinski definition) is 1. The van der Waals surface area contributed by atoms with Gasteiger partial charge in [0.15, 0.2) is 5.69 Å². The number of methoxy groups -OCH3 is 1. The summed E-state index contributed by atoms with van der Waals surface area (Å²) in [6.45, 7) is 0.984. The fourth-order valence-corrected chi connectivity index (χ4v) is 3.86. The van der Waals surface area contributed by atoms with Gasteiger partial charge in [0.1, 0.15) is 5.75 Å². The molecule has 2 aromatic carbocycles. The Morgan fingerprint density at radius 2 is 1.91 bits per heavy atom. The highest BCUT2D eigenvalue weighted by Crippen LogP contribution is 2.31. The molecule has 4 aromatic rings. The molecule has 0 aliphatic carbocycles. The number of amides is 2. The number of benzene rings is 2. The number of nitrogens with zero attached hydrogens (tertiary/aromatic N) is 5. The maximum atomic E-state index is 12.9. The van der Waals surface area contributed by atoms with Crippen LogP contribution in [0, 0.1) is 0 Å². The number of anilines is 1. The molecule has 162 valence electrons. The van der Waals surface area contributed by atoms with Crippen LogP contribution >= 0.6 is 0 Å². The summed E-state index contributed by atoms with van der Waals surface area (Å²) in [5.74, 6) is 1.46. The van der Waals surface area contributed by atoms with E-state index < -0.39 is 0 Å². The van der Waals surface area contributed by atoms with Crippen LogP contribution in [0.25, 0.3) is 23.0 Å². The highest BCUT2D eigenvalue weighted by atomic mass is 16.5. The highest BCUT2D eigenvalue weighted by Gasteiger charge is 2.29. The molecule has 0 atom stereocenters. The lowest BCUT2D eigenvalue weighted by Crippen LogP contribution is -2.39. The van der Waals surface area contributed by atoms with Crippen molar-refractivity contribution >= 4 is 11.7 Å². The molecular weight excluding hydrogens is 408 g/mol. The molecule has 0 spiro atoms. The van der Waals surface area contributed by atoms with E-state index >= 15 is 0 Å². The van der Waals surface area contributed by atoms with E-state index in [1.54, 1.807) is 18.1 Å². The van der Waals surface area contributed by atoms with Crippen molar-refractivity contribution in [2.75, 3.05) is 19.0 Å². The standard InChI is InChI=1S/C23H22N6O3/c1-28-19-11-12-29(23(30)24-16-9-6-10-17(13-16)31-2)14-18(19)20(27-28)22-26-25-21(32-22)15-7-4-3-5-8-15/h3-10,13H,11-12,14H2,1-2H3,(H,24,30). The minimum absolute atomic E-state index is 0.186. The molecule has 9 nitrogen and oxygen atoms in total. The Morgan fingerprint density at radius 3 is 2.72 bits per heavy atom. The van der Waals surface area contributed by atoms with E-state index in [0.29, 0.717) is 48.4 Å². The zero-order valence-corrected chi connectivity index (χ0v) is 17.8. The van der Waals surface area contributed by atoms with Gasteiger partial charge in [0, 0.05) is 48.6 Å². The van der Waals surface area contributed by atoms with Gasteiger partial charge in [-0.25, -0.2) is 4.79 Å². The van der Waals surface area contributed by atoms with Gasteiger partial charge in [-0.05, 0) is 24.3 Å². The monoisotopic (exact) mass is 430 g/mol. The molecular formula is C23H22N6O3. The average molecular weight is 430 g/mol. The summed E-state index contributed by atoms with van der Waals surface area (Å²) in [5.41, 5.74) is 4.11. The largest absolute Gasteiger partial charge is 0.497 e. The van der Waals surface area contributed by atoms with Crippen LogP contribution in [0.4, 0.5) is 10.5 Å². The second kappa shape index (κ2) is 8.18. The van der Waals surface area contributed by atoms with Crippen molar-refractivity contribution in [3.8, 4) is 28.8 Å². The molecule has 2 amide bonds. The van der Waals surface area contributed by atoms with Gasteiger partial charge in [0.25, 0.3) is 5.89 Å². The lowest BCUT2D eigenvalue weighted by molar-refractivity contribution is 0.206. The van der Waals surface area contributed by atoms with Crippen molar-refractivity contribution in [1.82, 2.24) is 24.9 Å². The fourth-order valence-electron chi connectivity index (χ4n) is 3.86. The Kier molecular flexibility index (Phi) is 5.06. The van der Waals surface area contributed by atoms with Gasteiger partial charge in [0.2, 0.25) is 5.89 Å². The summed E-state index contributed by atoms with van der Waals surface area (Å²) >= 11 is 0. The van der Waals surface area contributed by atoms with Crippen molar-refractivity contribution in [2.24, 2.45) is 7.05 Å². The summed E-state index contributed by atoms with van der Waals surface area (Å²) in [4.78, 5) is 14.7. The molecule has 1 N–H and O–H groups in total. The lowest BCUT2D eigenvalue weighted by atomic mass is 10.1. The molecule has 3 heterocycles. The Labute approximate surface area is 184 Å². The number of ether oxygens (including phenoxy) is 1. The fraction of sp³-hybridized carbons (Fsp3) is 0.217. The van der Waals surface area contributed by atoms with Crippen LogP contribution in [0.5, 0.6) is 5.75 Å². The Morgan fingerprint density at radius 1 is 1.09 bits per heavy atom. The SMILES string of the molecule is COc1cccc(NC(=O)N2CCc3c(c(-c4nnc(-c5ccccc5)o4)nn3C)C2)c1. The first kappa shape index (κ1) is 19.8. The molecule has 0 saturated carbocycles. The van der Waals surface area contributed by atoms with Crippen LogP contribution < -0.4 is 10.1 Å². The number of nitrogens with one attached hydrogen (secondary N) is 1. The average Bonchev–Trinajstić information content (AvgIpc) is 3.44. The van der Waals surface area contributed by atoms with Crippen LogP contribution in [0.2, 0.25) is 0 Å². The summed E-state index contributed by atoms with van der Waals surface area (Å²) < 4.78 is 13.0. The smallest absolute Gasteiger partial charge is 0.322 e. The number of carbonyl (C=O) groups is 1. The lowest BCUT2D eigenvalue weighted by Gasteiger charge is -2.27. The van der Waals surface area contributed by atoms with Gasteiger partial charge in [-0.2, -0.15) is 5.10 Å². The zero-order valence-electron chi connectivity index (χ0n) is 17.8. The number of rotatable bonds is 4. The number of urea groups is 1. The zero-order chi connectivity index (χ0) is 22.1. The molecule has 32 heavy (non-hydrogen) atoms. The minimum Gasteiger partial charge on any atom is -0.497 e. The third-order valence-corrected chi connectivity index (χ3v) is 5.50. The maximum Gasteiger partial charge on any atom is 0.322 e. The molecule has 0 saturated heterocycles. The first-order valence-electron chi connectivity index (χ1n) is 10.3. The topological polar surface area (TPSA) is 98.3 Å². The van der Waals surface area contributed by atoms with Gasteiger partial charge in [-0.1, -0.05) is 24.3 Å². The Bertz CT molecular complexity index is 1260. The summed E-state index contributed by atoms with van der Waals surface area (Å²) in [6.07, 6.45) is 0.685. The molecule has 1 aliphatic heterocycles. The first-order valence-corrected chi connectivity index (χ1v) is 10.3. The molecule has 0 bridgehead atoms. The molecule has 0 radical (unpaired) electrons. The van der Waals surface area contributed by atoms with Gasteiger partial charge in [-0.15, -0.1) is 10.2 Å². The third kappa shape index (κ3) is 3.68. The number of carbonyl (C=O) groups excluding carboxylic acids is 1. The van der Waals surface area contributed by atoms with Gasteiger partial charge in [-0.3, -0.25) is 4.68 Å². The predicted molar refractivity (Wildman–Crippen MR) is 118 cm³/mol. The van der Waals surface area contributed by atoms with E-state index in [2.05, 4.69) is 20.6 Å². The minimum atomic E-state index is -0.186. The molecule has 2 aromatic heterocycles. The molecule has 9 heteroatoms. The van der Waals surface area contributed by atoms with Crippen LogP contribution in [-0.2, 0) is 20.0 Å². The first-order chi connectivity index (χ1) is 15.6. The number of hydrogen-bond acceptors (Lipinski definition) is 6. The van der Waals surface area contributed by atoms with E-state index in [1.807, 2.05) is 60.3 Å². The van der Waals surface area contributed by atoms with E-state index in [4.69, 9.17) is 9.15 Å². The summed E-state index contributed by atoms with van der Waals surface area (Å²) in [7, 11) is 3.49. The van der Waals surface area contributed by atoms with Crippen molar-refractivity contribution in [2.45, 2.75) is 13.0 Å². The van der Waals surface area contributed by atoms with E-state index in [1.165, 1.54) is 0 Å².